The Labute approximate surface area is 518 Å². The highest BCUT2D eigenvalue weighted by atomic mass is 16.5. The summed E-state index contributed by atoms with van der Waals surface area (Å²) in [5.74, 6) is -0.548. The molecule has 4 aliphatic heterocycles. The highest BCUT2D eigenvalue weighted by molar-refractivity contribution is 6.32. The average Bonchev–Trinajstić information content (AvgIpc) is 1.54. The van der Waals surface area contributed by atoms with Crippen LogP contribution in [0.1, 0.15) is 98.9 Å². The SMILES string of the molecule is COCCC1(CCCO)c2cc(N(c3ccc(CO)cc3)c3ccc(CO)cc3)ccc2-c2cc3c(cc21)C1=C2C(=O)N4C=Cc5cc6c(cc5C4=C2C(=O)N1C=C3)C(CCOC)(CCOC)c1cc(N(c2ccc(C)cc2)c2ccc(CO)cc2)ccc1-6. The fraction of sp³-hybridized carbons (Fsp3) is 0.237. The fourth-order valence-electron chi connectivity index (χ4n) is 14.9. The lowest BCUT2D eigenvalue weighted by Gasteiger charge is -2.34. The zero-order chi connectivity index (χ0) is 61.3. The minimum absolute atomic E-state index is 0.0222. The van der Waals surface area contributed by atoms with Crippen LogP contribution in [0.4, 0.5) is 34.1 Å². The Morgan fingerprint density at radius 2 is 0.753 bits per heavy atom. The molecule has 2 aliphatic carbocycles. The van der Waals surface area contributed by atoms with E-state index in [1.807, 2.05) is 97.3 Å². The van der Waals surface area contributed by atoms with Crippen LogP contribution >= 0.6 is 0 Å². The first-order valence-corrected chi connectivity index (χ1v) is 30.6. The van der Waals surface area contributed by atoms with Crippen molar-refractivity contribution in [2.45, 2.75) is 69.7 Å². The van der Waals surface area contributed by atoms with Gasteiger partial charge in [-0.05, 0) is 221 Å². The summed E-state index contributed by atoms with van der Waals surface area (Å²) in [5.41, 5.74) is 21.6. The van der Waals surface area contributed by atoms with E-state index in [2.05, 4.69) is 102 Å². The third-order valence-corrected chi connectivity index (χ3v) is 19.3. The molecule has 89 heavy (non-hydrogen) atoms. The summed E-state index contributed by atoms with van der Waals surface area (Å²) in [4.78, 5) is 38.8. The molecule has 8 aromatic carbocycles. The van der Waals surface area contributed by atoms with Gasteiger partial charge in [0.05, 0.1) is 42.4 Å². The molecule has 0 bridgehead atoms. The Balaban J connectivity index is 0.910. The van der Waals surface area contributed by atoms with Crippen molar-refractivity contribution in [3.63, 3.8) is 0 Å². The molecule has 0 aromatic heterocycles. The Bertz CT molecular complexity index is 4210. The molecule has 0 radical (unpaired) electrons. The van der Waals surface area contributed by atoms with Crippen molar-refractivity contribution in [3.05, 3.63) is 248 Å². The Morgan fingerprint density at radius 1 is 0.404 bits per heavy atom. The molecule has 1 atom stereocenters. The maximum Gasteiger partial charge on any atom is 0.265 e. The van der Waals surface area contributed by atoms with E-state index in [-0.39, 0.29) is 38.2 Å². The summed E-state index contributed by atoms with van der Waals surface area (Å²) in [6, 6.07) is 54.3. The van der Waals surface area contributed by atoms with Crippen molar-refractivity contribution in [3.8, 4) is 22.3 Å². The van der Waals surface area contributed by atoms with Crippen LogP contribution in [0.25, 0.3) is 45.8 Å². The molecule has 14 rings (SSSR count). The van der Waals surface area contributed by atoms with Gasteiger partial charge in [-0.1, -0.05) is 66.2 Å². The van der Waals surface area contributed by atoms with Gasteiger partial charge in [0, 0.05) is 116 Å². The third-order valence-electron chi connectivity index (χ3n) is 19.3. The van der Waals surface area contributed by atoms with Crippen molar-refractivity contribution < 1.29 is 44.2 Å². The van der Waals surface area contributed by atoms with Crippen LogP contribution in [0, 0.1) is 6.92 Å². The number of aliphatic hydroxyl groups is 4. The molecule has 448 valence electrons. The molecule has 8 aromatic rings. The maximum absolute atomic E-state index is 15.5. The first-order valence-electron chi connectivity index (χ1n) is 30.6. The van der Waals surface area contributed by atoms with Crippen molar-refractivity contribution >= 4 is 69.5 Å². The van der Waals surface area contributed by atoms with Crippen LogP contribution in [0.2, 0.25) is 0 Å². The normalized spacial score (nSPS) is 16.7. The predicted octanol–water partition coefficient (Wildman–Crippen LogP) is 13.6. The van der Waals surface area contributed by atoms with Crippen molar-refractivity contribution in [1.29, 1.82) is 0 Å². The standard InChI is InChI=1S/C76H70N4O9/c1-47-6-14-53(15-7-47)79(54-16-8-48(44-82)9-17-54)58-23-25-60-64-39-52-27-33-78-72(62(52)43-68(64)76(30-36-88-3,31-37-89-4)66(60)41-58)70-69(73(78)85)71-61-42-67-63(38-51(61)26-32-77(71)74(70)86)59-24-22-57(40-65(59)75(67,28-5-34-81)29-35-87-2)80(55-18-10-49(45-83)11-19-55)56-20-12-50(46-84)13-21-56/h6-27,32-33,38-43,81-84H,5,28-31,34-37,44-46H2,1-4H3. The number of aliphatic hydroxyl groups excluding tert-OH is 4. The van der Waals surface area contributed by atoms with Crippen LogP contribution in [0.5, 0.6) is 0 Å². The summed E-state index contributed by atoms with van der Waals surface area (Å²) in [6.45, 7) is 3.19. The van der Waals surface area contributed by atoms with Crippen LogP contribution in [-0.2, 0) is 54.5 Å². The highest BCUT2D eigenvalue weighted by Crippen LogP contribution is 2.60. The van der Waals surface area contributed by atoms with E-state index in [0.29, 0.717) is 74.5 Å². The molecule has 1 unspecified atom stereocenters. The van der Waals surface area contributed by atoms with Crippen LogP contribution in [0.3, 0.4) is 0 Å². The number of amides is 2. The number of anilines is 6. The van der Waals surface area contributed by atoms with Gasteiger partial charge in [0.2, 0.25) is 0 Å². The second-order valence-electron chi connectivity index (χ2n) is 24.1. The molecule has 4 heterocycles. The fourth-order valence-corrected chi connectivity index (χ4v) is 14.9. The number of nitrogens with zero attached hydrogens (tertiary/aromatic N) is 4. The number of fused-ring (bicyclic) bond motifs is 13. The lowest BCUT2D eigenvalue weighted by molar-refractivity contribution is -0.122. The number of rotatable bonds is 21. The minimum Gasteiger partial charge on any atom is -0.396 e. The van der Waals surface area contributed by atoms with Crippen molar-refractivity contribution in [2.24, 2.45) is 0 Å². The number of benzene rings is 8. The molecule has 13 heteroatoms. The Hall–Kier alpha value is -9.02. The molecule has 6 aliphatic rings. The summed E-state index contributed by atoms with van der Waals surface area (Å²) in [5, 5.41) is 40.7. The van der Waals surface area contributed by atoms with Crippen LogP contribution < -0.4 is 9.80 Å². The van der Waals surface area contributed by atoms with Gasteiger partial charge in [-0.2, -0.15) is 0 Å². The topological polar surface area (TPSA) is 156 Å². The largest absolute Gasteiger partial charge is 0.396 e. The molecule has 2 amide bonds. The molecule has 0 saturated heterocycles. The van der Waals surface area contributed by atoms with E-state index in [9.17, 15) is 20.4 Å². The number of ether oxygens (including phenoxy) is 3. The summed E-state index contributed by atoms with van der Waals surface area (Å²) in [6.07, 6.45) is 10.6. The van der Waals surface area contributed by atoms with Gasteiger partial charge in [0.15, 0.2) is 0 Å². The number of carbonyl (C=O) groups is 2. The summed E-state index contributed by atoms with van der Waals surface area (Å²) in [7, 11) is 5.17. The minimum atomic E-state index is -0.663. The molecular formula is C76H70N4O9. The van der Waals surface area contributed by atoms with Crippen LogP contribution in [0.15, 0.2) is 181 Å². The Kier molecular flexibility index (Phi) is 15.0. The second kappa shape index (κ2) is 23.2. The zero-order valence-corrected chi connectivity index (χ0v) is 50.4. The van der Waals surface area contributed by atoms with Gasteiger partial charge in [0.1, 0.15) is 0 Å². The average molecular weight is 1180 g/mol. The van der Waals surface area contributed by atoms with E-state index in [1.54, 1.807) is 31.1 Å². The molecule has 0 fully saturated rings. The summed E-state index contributed by atoms with van der Waals surface area (Å²) < 4.78 is 17.8. The molecule has 0 spiro atoms. The highest BCUT2D eigenvalue weighted by Gasteiger charge is 2.53. The smallest absolute Gasteiger partial charge is 0.265 e. The van der Waals surface area contributed by atoms with Gasteiger partial charge in [-0.25, -0.2) is 0 Å². The number of hydrogen-bond donors (Lipinski definition) is 4. The van der Waals surface area contributed by atoms with E-state index in [0.717, 1.165) is 123 Å². The number of aryl methyl sites for hydroxylation is 1. The molecular weight excluding hydrogens is 1110 g/mol. The first kappa shape index (κ1) is 57.7. The van der Waals surface area contributed by atoms with Gasteiger partial charge in [-0.3, -0.25) is 19.4 Å². The summed E-state index contributed by atoms with van der Waals surface area (Å²) >= 11 is 0. The maximum atomic E-state index is 15.5. The van der Waals surface area contributed by atoms with Crippen LogP contribution in [-0.4, -0.2) is 89.8 Å². The number of carbonyl (C=O) groups excluding carboxylic acids is 2. The lowest BCUT2D eigenvalue weighted by atomic mass is 9.71. The van der Waals surface area contributed by atoms with Crippen molar-refractivity contribution in [2.75, 3.05) is 57.6 Å². The lowest BCUT2D eigenvalue weighted by Crippen LogP contribution is -2.30. The quantitative estimate of drug-likeness (QED) is 0.0543. The predicted molar refractivity (Wildman–Crippen MR) is 349 cm³/mol. The monoisotopic (exact) mass is 1180 g/mol. The van der Waals surface area contributed by atoms with E-state index >= 15 is 9.59 Å². The van der Waals surface area contributed by atoms with E-state index in [4.69, 9.17) is 14.2 Å². The number of hydrogen-bond acceptors (Lipinski definition) is 11. The molecule has 4 N–H and O–H groups in total. The van der Waals surface area contributed by atoms with Crippen molar-refractivity contribution in [1.82, 2.24) is 9.80 Å². The number of methoxy groups -OCH3 is 3. The first-order chi connectivity index (χ1) is 43.5. The third kappa shape index (κ3) is 9.25. The van der Waals surface area contributed by atoms with Gasteiger partial charge in [-0.15, -0.1) is 0 Å². The Morgan fingerprint density at radius 3 is 1.11 bits per heavy atom. The molecule has 0 saturated carbocycles. The van der Waals surface area contributed by atoms with Gasteiger partial charge < -0.3 is 44.4 Å². The zero-order valence-electron chi connectivity index (χ0n) is 50.4. The molecule has 13 nitrogen and oxygen atoms in total. The van der Waals surface area contributed by atoms with Gasteiger partial charge >= 0.3 is 0 Å². The van der Waals surface area contributed by atoms with Gasteiger partial charge in [0.25, 0.3) is 11.8 Å². The van der Waals surface area contributed by atoms with E-state index in [1.165, 1.54) is 0 Å². The van der Waals surface area contributed by atoms with E-state index < -0.39 is 10.8 Å². The second-order valence-corrected chi connectivity index (χ2v) is 24.1.